The Kier molecular flexibility index (Phi) is 20.1. The van der Waals surface area contributed by atoms with Crippen LogP contribution in [0, 0.1) is 0 Å². The Morgan fingerprint density at radius 2 is 0.950 bits per heavy atom. The molecule has 0 rings (SSSR count). The Labute approximate surface area is 168 Å². The van der Waals surface area contributed by atoms with E-state index in [1.807, 2.05) is 0 Å². The molecule has 0 bridgehead atoms. The zero-order valence-corrected chi connectivity index (χ0v) is 13.4. The Morgan fingerprint density at radius 1 is 0.650 bits per heavy atom. The summed E-state index contributed by atoms with van der Waals surface area (Å²) in [5.41, 5.74) is 0. The molecule has 3 nitrogen and oxygen atoms in total. The normalized spacial score (nSPS) is 11.3. The van der Waals surface area contributed by atoms with E-state index in [0.29, 0.717) is 6.42 Å². The van der Waals surface area contributed by atoms with Crippen LogP contribution in [0.5, 0.6) is 0 Å². The molecule has 0 spiro atoms. The molecule has 0 unspecified atom stereocenters. The number of hydrogen-bond acceptors (Lipinski definition) is 2. The average molecular weight is 333 g/mol. The minimum atomic E-state index is -3.74. The van der Waals surface area contributed by atoms with Crippen LogP contribution >= 0.6 is 0 Å². The van der Waals surface area contributed by atoms with Gasteiger partial charge in [-0.25, -0.2) is 0 Å². The van der Waals surface area contributed by atoms with Gasteiger partial charge in [0.2, 0.25) is 0 Å². The van der Waals surface area contributed by atoms with Crippen LogP contribution in [0.3, 0.4) is 0 Å². The molecule has 5 heteroatoms. The first kappa shape index (κ1) is 23.8. The van der Waals surface area contributed by atoms with Crippen LogP contribution in [0.1, 0.15) is 90.4 Å². The monoisotopic (exact) mass is 332 g/mol. The minimum absolute atomic E-state index is 0. The average Bonchev–Trinajstić information content (AvgIpc) is 2.34. The standard InChI is InChI=1S/C15H32O3S.K.H/c1-2-3-4-5-6-7-8-9-10-11-12-13-14-15-19(16,17)18;;/h2-15H2,1H3,(H,16,17,18);;. The van der Waals surface area contributed by atoms with Gasteiger partial charge < -0.3 is 0 Å². The van der Waals surface area contributed by atoms with E-state index >= 15 is 0 Å². The van der Waals surface area contributed by atoms with Crippen LogP contribution in [-0.2, 0) is 10.1 Å². The first-order valence-electron chi connectivity index (χ1n) is 8.01. The molecular weight excluding hydrogens is 299 g/mol. The van der Waals surface area contributed by atoms with Crippen LogP contribution in [0.25, 0.3) is 0 Å². The van der Waals surface area contributed by atoms with Crippen molar-refractivity contribution in [1.29, 1.82) is 0 Å². The summed E-state index contributed by atoms with van der Waals surface area (Å²) in [6.07, 6.45) is 15.9. The molecule has 0 aliphatic carbocycles. The summed E-state index contributed by atoms with van der Waals surface area (Å²) in [4.78, 5) is 0. The third-order valence-corrected chi connectivity index (χ3v) is 4.31. The molecule has 0 fully saturated rings. The van der Waals surface area contributed by atoms with Gasteiger partial charge >= 0.3 is 51.4 Å². The second kappa shape index (κ2) is 16.9. The van der Waals surface area contributed by atoms with Crippen molar-refractivity contribution in [1.82, 2.24) is 0 Å². The zero-order valence-electron chi connectivity index (χ0n) is 12.6. The van der Waals surface area contributed by atoms with Crippen molar-refractivity contribution in [3.8, 4) is 0 Å². The Morgan fingerprint density at radius 3 is 1.25 bits per heavy atom. The summed E-state index contributed by atoms with van der Waals surface area (Å²) in [5, 5.41) is 0. The molecular formula is C15H33KO3S. The van der Waals surface area contributed by atoms with Gasteiger partial charge in [0.1, 0.15) is 0 Å². The summed E-state index contributed by atoms with van der Waals surface area (Å²) in [5.74, 6) is -0.0786. The van der Waals surface area contributed by atoms with Gasteiger partial charge in [-0.2, -0.15) is 8.42 Å². The molecule has 0 aromatic carbocycles. The van der Waals surface area contributed by atoms with Crippen molar-refractivity contribution < 1.29 is 13.0 Å². The predicted octanol–water partition coefficient (Wildman–Crippen LogP) is 4.32. The molecule has 0 saturated carbocycles. The van der Waals surface area contributed by atoms with Crippen molar-refractivity contribution in [3.05, 3.63) is 0 Å². The van der Waals surface area contributed by atoms with Crippen molar-refractivity contribution in [3.63, 3.8) is 0 Å². The first-order valence-corrected chi connectivity index (χ1v) is 9.62. The summed E-state index contributed by atoms with van der Waals surface area (Å²) in [6.45, 7) is 2.25. The molecule has 1 N–H and O–H groups in total. The molecule has 0 aliphatic rings. The van der Waals surface area contributed by atoms with Crippen LogP contribution in [0.2, 0.25) is 0 Å². The number of unbranched alkanes of at least 4 members (excludes halogenated alkanes) is 12. The molecule has 0 aliphatic heterocycles. The van der Waals surface area contributed by atoms with Gasteiger partial charge in [-0.15, -0.1) is 0 Å². The van der Waals surface area contributed by atoms with Gasteiger partial charge in [-0.1, -0.05) is 84.0 Å². The van der Waals surface area contributed by atoms with Gasteiger partial charge in [0.25, 0.3) is 10.1 Å². The van der Waals surface area contributed by atoms with Crippen LogP contribution in [0.15, 0.2) is 0 Å². The van der Waals surface area contributed by atoms with Crippen molar-refractivity contribution in [2.24, 2.45) is 0 Å². The van der Waals surface area contributed by atoms with Crippen LogP contribution in [0.4, 0.5) is 0 Å². The topological polar surface area (TPSA) is 54.4 Å². The predicted molar refractivity (Wildman–Crippen MR) is 89.3 cm³/mol. The van der Waals surface area contributed by atoms with E-state index in [2.05, 4.69) is 6.92 Å². The Balaban J connectivity index is 0. The Bertz CT molecular complexity index is 279. The second-order valence-electron chi connectivity index (χ2n) is 5.53. The number of rotatable bonds is 14. The quantitative estimate of drug-likeness (QED) is 0.293. The van der Waals surface area contributed by atoms with Crippen LogP contribution in [-0.4, -0.2) is 70.1 Å². The van der Waals surface area contributed by atoms with E-state index in [-0.39, 0.29) is 57.1 Å². The van der Waals surface area contributed by atoms with Gasteiger partial charge in [0, 0.05) is 0 Å². The summed E-state index contributed by atoms with van der Waals surface area (Å²) in [7, 11) is -3.74. The third kappa shape index (κ3) is 21.8. The second-order valence-corrected chi connectivity index (χ2v) is 7.10. The fourth-order valence-electron chi connectivity index (χ4n) is 2.30. The zero-order chi connectivity index (χ0) is 14.4. The molecule has 118 valence electrons. The summed E-state index contributed by atoms with van der Waals surface area (Å²) in [6, 6.07) is 0. The summed E-state index contributed by atoms with van der Waals surface area (Å²) < 4.78 is 29.5. The fourth-order valence-corrected chi connectivity index (χ4v) is 2.87. The van der Waals surface area contributed by atoms with E-state index in [4.69, 9.17) is 4.55 Å². The van der Waals surface area contributed by atoms with Gasteiger partial charge in [-0.3, -0.25) is 4.55 Å². The Hall–Kier alpha value is 1.55. The third-order valence-electron chi connectivity index (χ3n) is 3.51. The molecule has 20 heavy (non-hydrogen) atoms. The molecule has 0 saturated heterocycles. The van der Waals surface area contributed by atoms with E-state index in [1.54, 1.807) is 0 Å². The van der Waals surface area contributed by atoms with E-state index in [1.165, 1.54) is 64.2 Å². The molecule has 0 aromatic heterocycles. The molecule has 0 atom stereocenters. The molecule has 0 radical (unpaired) electrons. The first-order chi connectivity index (χ1) is 9.06. The van der Waals surface area contributed by atoms with Crippen LogP contribution < -0.4 is 0 Å². The molecule has 0 aromatic rings. The number of hydrogen-bond donors (Lipinski definition) is 1. The van der Waals surface area contributed by atoms with Gasteiger partial charge in [0.05, 0.1) is 5.75 Å². The van der Waals surface area contributed by atoms with Crippen molar-refractivity contribution in [2.45, 2.75) is 90.4 Å². The molecule has 0 amide bonds. The van der Waals surface area contributed by atoms with Gasteiger partial charge in [0.15, 0.2) is 0 Å². The SMILES string of the molecule is CCCCCCCCCCCCCCCS(=O)(=O)O.[KH]. The van der Waals surface area contributed by atoms with E-state index < -0.39 is 10.1 Å². The van der Waals surface area contributed by atoms with Crippen molar-refractivity contribution >= 4 is 61.5 Å². The fraction of sp³-hybridized carbons (Fsp3) is 1.00. The van der Waals surface area contributed by atoms with E-state index in [9.17, 15) is 8.42 Å². The summed E-state index contributed by atoms with van der Waals surface area (Å²) >= 11 is 0. The maximum atomic E-state index is 10.5. The maximum absolute atomic E-state index is 10.5. The van der Waals surface area contributed by atoms with Gasteiger partial charge in [-0.05, 0) is 6.42 Å². The van der Waals surface area contributed by atoms with Crippen molar-refractivity contribution in [2.75, 3.05) is 5.75 Å². The van der Waals surface area contributed by atoms with E-state index in [0.717, 1.165) is 12.8 Å². The molecule has 0 heterocycles.